The molecule has 136 valence electrons. The molecule has 0 aliphatic carbocycles. The fourth-order valence-corrected chi connectivity index (χ4v) is 3.07. The summed E-state index contributed by atoms with van der Waals surface area (Å²) in [6.07, 6.45) is 0.694. The Morgan fingerprint density at radius 1 is 1.00 bits per heavy atom. The second-order valence-electron chi connectivity index (χ2n) is 6.12. The maximum absolute atomic E-state index is 6.18. The molecule has 7 N–H and O–H groups in total. The van der Waals surface area contributed by atoms with E-state index >= 15 is 0 Å². The molecule has 0 bridgehead atoms. The molecular weight excluding hydrogens is 340 g/mol. The van der Waals surface area contributed by atoms with E-state index < -0.39 is 0 Å². The number of nitrogens with one attached hydrogen (secondary N) is 1. The van der Waals surface area contributed by atoms with Crippen LogP contribution in [0.15, 0.2) is 48.5 Å². The van der Waals surface area contributed by atoms with Crippen molar-refractivity contribution in [3.8, 4) is 22.4 Å². The molecule has 27 heavy (non-hydrogen) atoms. The number of nitrogens with zero attached hydrogens (tertiary/aromatic N) is 4. The Balaban J connectivity index is 2.08. The van der Waals surface area contributed by atoms with Gasteiger partial charge in [0, 0.05) is 12.0 Å². The summed E-state index contributed by atoms with van der Waals surface area (Å²) in [7, 11) is 0. The third kappa shape index (κ3) is 2.81. The van der Waals surface area contributed by atoms with Crippen LogP contribution in [0.4, 0.5) is 17.3 Å². The summed E-state index contributed by atoms with van der Waals surface area (Å²) in [5.41, 5.74) is 20.1. The van der Waals surface area contributed by atoms with Gasteiger partial charge in [0.15, 0.2) is 11.5 Å². The average molecular weight is 360 g/mol. The van der Waals surface area contributed by atoms with Gasteiger partial charge in [0.1, 0.15) is 0 Å². The average Bonchev–Trinajstić information content (AvgIpc) is 3.13. The van der Waals surface area contributed by atoms with Gasteiger partial charge >= 0.3 is 0 Å². The molecule has 0 unspecified atom stereocenters. The summed E-state index contributed by atoms with van der Waals surface area (Å²) in [4.78, 5) is 9.30. The van der Waals surface area contributed by atoms with E-state index in [0.29, 0.717) is 29.3 Å². The predicted molar refractivity (Wildman–Crippen MR) is 108 cm³/mol. The van der Waals surface area contributed by atoms with E-state index in [9.17, 15) is 0 Å². The van der Waals surface area contributed by atoms with Gasteiger partial charge in [-0.15, -0.1) is 5.10 Å². The molecule has 0 fully saturated rings. The van der Waals surface area contributed by atoms with Gasteiger partial charge < -0.3 is 16.9 Å². The lowest BCUT2D eigenvalue weighted by Crippen LogP contribution is -2.09. The fourth-order valence-electron chi connectivity index (χ4n) is 3.07. The topological polar surface area (TPSA) is 133 Å². The van der Waals surface area contributed by atoms with Gasteiger partial charge in [-0.3, -0.25) is 5.84 Å². The highest BCUT2D eigenvalue weighted by Gasteiger charge is 2.20. The monoisotopic (exact) mass is 360 g/mol. The van der Waals surface area contributed by atoms with Gasteiger partial charge in [0.2, 0.25) is 5.95 Å². The van der Waals surface area contributed by atoms with Crippen molar-refractivity contribution in [1.29, 1.82) is 0 Å². The van der Waals surface area contributed by atoms with Crippen molar-refractivity contribution in [2.24, 2.45) is 5.84 Å². The van der Waals surface area contributed by atoms with Gasteiger partial charge in [-0.2, -0.15) is 4.52 Å². The molecular formula is C19H20N8. The highest BCUT2D eigenvalue weighted by atomic mass is 15.3. The van der Waals surface area contributed by atoms with Crippen molar-refractivity contribution >= 4 is 23.0 Å². The molecule has 4 rings (SSSR count). The van der Waals surface area contributed by atoms with Crippen molar-refractivity contribution in [2.45, 2.75) is 13.3 Å². The predicted octanol–water partition coefficient (Wildman–Crippen LogP) is 2.47. The largest absolute Gasteiger partial charge is 0.397 e. The number of aromatic nitrogens is 4. The van der Waals surface area contributed by atoms with E-state index in [0.717, 1.165) is 22.4 Å². The number of anilines is 3. The number of nitrogens with two attached hydrogens (primary N) is 3. The van der Waals surface area contributed by atoms with Crippen LogP contribution >= 0.6 is 0 Å². The zero-order valence-corrected chi connectivity index (χ0v) is 14.8. The van der Waals surface area contributed by atoms with Crippen molar-refractivity contribution < 1.29 is 0 Å². The molecule has 2 heterocycles. The number of hydrazine groups is 1. The minimum atomic E-state index is 0.285. The molecule has 8 nitrogen and oxygen atoms in total. The molecule has 0 amide bonds. The minimum absolute atomic E-state index is 0.285. The molecule has 0 aliphatic heterocycles. The number of rotatable bonds is 4. The first-order valence-corrected chi connectivity index (χ1v) is 8.59. The van der Waals surface area contributed by atoms with Crippen LogP contribution in [0, 0.1) is 0 Å². The Labute approximate surface area is 156 Å². The molecule has 2 aromatic heterocycles. The molecule has 0 atom stereocenters. The number of benzene rings is 2. The highest BCUT2D eigenvalue weighted by Crippen LogP contribution is 2.36. The van der Waals surface area contributed by atoms with E-state index in [2.05, 4.69) is 20.5 Å². The van der Waals surface area contributed by atoms with Crippen molar-refractivity contribution in [2.75, 3.05) is 16.9 Å². The summed E-state index contributed by atoms with van der Waals surface area (Å²) in [5.74, 6) is 6.49. The Bertz CT molecular complexity index is 1120. The zero-order valence-electron chi connectivity index (χ0n) is 14.8. The van der Waals surface area contributed by atoms with Crippen LogP contribution in [0.25, 0.3) is 28.0 Å². The van der Waals surface area contributed by atoms with E-state index in [4.69, 9.17) is 17.3 Å². The molecule has 0 saturated heterocycles. The third-order valence-electron chi connectivity index (χ3n) is 4.41. The molecule has 0 saturated carbocycles. The van der Waals surface area contributed by atoms with E-state index in [1.165, 1.54) is 0 Å². The van der Waals surface area contributed by atoms with Crippen LogP contribution in [0.1, 0.15) is 12.7 Å². The summed E-state index contributed by atoms with van der Waals surface area (Å²) in [6.45, 7) is 2.00. The standard InChI is InChI=1S/C19H20N8/c1-2-15-23-18-16(12-8-9-14(25-22)13(20)10-12)17(11-6-4-3-5-7-11)24-19(21)27(18)26-15/h3-10,25H,2,20,22H2,1H3,(H2,21,24). The Hall–Kier alpha value is -3.65. The highest BCUT2D eigenvalue weighted by molar-refractivity contribution is 5.92. The lowest BCUT2D eigenvalue weighted by atomic mass is 9.99. The van der Waals surface area contributed by atoms with Gasteiger partial charge in [-0.25, -0.2) is 9.97 Å². The van der Waals surface area contributed by atoms with Gasteiger partial charge in [-0.1, -0.05) is 43.3 Å². The van der Waals surface area contributed by atoms with Crippen LogP contribution < -0.4 is 22.7 Å². The van der Waals surface area contributed by atoms with E-state index in [-0.39, 0.29) is 5.95 Å². The first-order valence-electron chi connectivity index (χ1n) is 8.59. The first kappa shape index (κ1) is 16.8. The van der Waals surface area contributed by atoms with Gasteiger partial charge in [0.25, 0.3) is 0 Å². The molecule has 0 aliphatic rings. The van der Waals surface area contributed by atoms with Crippen LogP contribution in [0.2, 0.25) is 0 Å². The normalized spacial score (nSPS) is 11.0. The quantitative estimate of drug-likeness (QED) is 0.249. The summed E-state index contributed by atoms with van der Waals surface area (Å²) >= 11 is 0. The number of nitrogen functional groups attached to an aromatic ring is 3. The Morgan fingerprint density at radius 2 is 1.78 bits per heavy atom. The second-order valence-corrected chi connectivity index (χ2v) is 6.12. The molecule has 0 spiro atoms. The number of fused-ring (bicyclic) bond motifs is 1. The first-order chi connectivity index (χ1) is 13.1. The van der Waals surface area contributed by atoms with Crippen LogP contribution in [-0.4, -0.2) is 19.6 Å². The maximum Gasteiger partial charge on any atom is 0.223 e. The minimum Gasteiger partial charge on any atom is -0.397 e. The van der Waals surface area contributed by atoms with Crippen molar-refractivity contribution in [3.63, 3.8) is 0 Å². The second kappa shape index (κ2) is 6.58. The molecule has 8 heteroatoms. The SMILES string of the molecule is CCc1nc2c(-c3ccc(NN)c(N)c3)c(-c3ccccc3)nc(N)n2n1. The van der Waals surface area contributed by atoms with E-state index in [1.807, 2.05) is 55.5 Å². The molecule has 2 aromatic carbocycles. The Kier molecular flexibility index (Phi) is 4.09. The summed E-state index contributed by atoms with van der Waals surface area (Å²) < 4.78 is 1.58. The number of hydrogen-bond donors (Lipinski definition) is 4. The summed E-state index contributed by atoms with van der Waals surface area (Å²) in [6, 6.07) is 15.4. The van der Waals surface area contributed by atoms with Gasteiger partial charge in [0.05, 0.1) is 22.6 Å². The third-order valence-corrected chi connectivity index (χ3v) is 4.41. The van der Waals surface area contributed by atoms with Crippen LogP contribution in [-0.2, 0) is 6.42 Å². The summed E-state index contributed by atoms with van der Waals surface area (Å²) in [5, 5.41) is 4.46. The molecule has 0 radical (unpaired) electrons. The van der Waals surface area contributed by atoms with Gasteiger partial charge in [-0.05, 0) is 17.7 Å². The fraction of sp³-hybridized carbons (Fsp3) is 0.105. The van der Waals surface area contributed by atoms with Crippen LogP contribution in [0.5, 0.6) is 0 Å². The number of aryl methyl sites for hydroxylation is 1. The molecule has 4 aromatic rings. The number of hydrogen-bond acceptors (Lipinski definition) is 7. The van der Waals surface area contributed by atoms with Crippen LogP contribution in [0.3, 0.4) is 0 Å². The zero-order chi connectivity index (χ0) is 19.0. The van der Waals surface area contributed by atoms with Crippen molar-refractivity contribution in [3.05, 3.63) is 54.4 Å². The lowest BCUT2D eigenvalue weighted by molar-refractivity contribution is 0.879. The maximum atomic E-state index is 6.18. The Morgan fingerprint density at radius 3 is 2.44 bits per heavy atom. The lowest BCUT2D eigenvalue weighted by Gasteiger charge is -2.13. The van der Waals surface area contributed by atoms with Crippen molar-refractivity contribution in [1.82, 2.24) is 19.6 Å². The van der Waals surface area contributed by atoms with E-state index in [1.54, 1.807) is 4.52 Å². The smallest absolute Gasteiger partial charge is 0.223 e.